The summed E-state index contributed by atoms with van der Waals surface area (Å²) in [7, 11) is 0. The van der Waals surface area contributed by atoms with Crippen molar-refractivity contribution < 1.29 is 4.79 Å². The topological polar surface area (TPSA) is 41.1 Å². The highest BCUT2D eigenvalue weighted by molar-refractivity contribution is 5.97. The van der Waals surface area contributed by atoms with Crippen LogP contribution in [0.1, 0.15) is 40.7 Å². The molecule has 1 heterocycles. The first-order valence-corrected chi connectivity index (χ1v) is 7.94. The lowest BCUT2D eigenvalue weighted by Gasteiger charge is -2.21. The zero-order valence-electron chi connectivity index (χ0n) is 12.9. The number of carbonyl (C=O) groups excluding carboxylic acids is 1. The molecule has 0 spiro atoms. The molecule has 0 aromatic heterocycles. The first-order valence-electron chi connectivity index (χ1n) is 7.94. The van der Waals surface area contributed by atoms with E-state index in [4.69, 9.17) is 0 Å². The lowest BCUT2D eigenvalue weighted by molar-refractivity contribution is 0.0950. The fourth-order valence-corrected chi connectivity index (χ4v) is 2.96. The average Bonchev–Trinajstić information content (AvgIpc) is 2.59. The molecule has 1 atom stereocenters. The minimum absolute atomic E-state index is 0.0309. The van der Waals surface area contributed by atoms with Crippen molar-refractivity contribution in [3.05, 3.63) is 65.2 Å². The Labute approximate surface area is 131 Å². The van der Waals surface area contributed by atoms with E-state index in [-0.39, 0.29) is 5.91 Å². The van der Waals surface area contributed by atoms with Gasteiger partial charge in [-0.25, -0.2) is 0 Å². The lowest BCUT2D eigenvalue weighted by atomic mass is 9.96. The number of amides is 1. The van der Waals surface area contributed by atoms with E-state index in [0.29, 0.717) is 12.5 Å². The van der Waals surface area contributed by atoms with Crippen LogP contribution in [0, 0.1) is 0 Å². The molecule has 2 N–H and O–H groups in total. The fourth-order valence-electron chi connectivity index (χ4n) is 2.96. The van der Waals surface area contributed by atoms with Crippen molar-refractivity contribution in [3.63, 3.8) is 0 Å². The second-order valence-electron chi connectivity index (χ2n) is 5.88. The largest absolute Gasteiger partial charge is 0.385 e. The molecule has 0 fully saturated rings. The van der Waals surface area contributed by atoms with Crippen molar-refractivity contribution in [2.24, 2.45) is 0 Å². The van der Waals surface area contributed by atoms with Gasteiger partial charge < -0.3 is 10.6 Å². The van der Waals surface area contributed by atoms with Gasteiger partial charge >= 0.3 is 0 Å². The van der Waals surface area contributed by atoms with E-state index in [1.54, 1.807) is 0 Å². The zero-order chi connectivity index (χ0) is 15.4. The number of hydrogen-bond acceptors (Lipinski definition) is 2. The van der Waals surface area contributed by atoms with Crippen molar-refractivity contribution in [2.75, 3.05) is 18.4 Å². The maximum atomic E-state index is 12.5. The normalized spacial score (nSPS) is 14.6. The maximum Gasteiger partial charge on any atom is 0.251 e. The second kappa shape index (κ2) is 6.65. The number of hydrogen-bond donors (Lipinski definition) is 2. The van der Waals surface area contributed by atoms with Gasteiger partial charge in [-0.3, -0.25) is 4.79 Å². The summed E-state index contributed by atoms with van der Waals surface area (Å²) in [6, 6.07) is 16.2. The highest BCUT2D eigenvalue weighted by Gasteiger charge is 2.17. The van der Waals surface area contributed by atoms with Gasteiger partial charge in [0.2, 0.25) is 0 Å². The average molecular weight is 294 g/mol. The fraction of sp³-hybridized carbons (Fsp3) is 0.316. The summed E-state index contributed by atoms with van der Waals surface area (Å²) in [5.74, 6) is 0.339. The van der Waals surface area contributed by atoms with Crippen LogP contribution < -0.4 is 10.6 Å². The molecule has 1 amide bonds. The highest BCUT2D eigenvalue weighted by atomic mass is 16.1. The van der Waals surface area contributed by atoms with Crippen LogP contribution in [0.25, 0.3) is 0 Å². The van der Waals surface area contributed by atoms with Gasteiger partial charge in [0.1, 0.15) is 0 Å². The van der Waals surface area contributed by atoms with Gasteiger partial charge in [0.05, 0.1) is 0 Å². The third kappa shape index (κ3) is 3.14. The molecule has 3 nitrogen and oxygen atoms in total. The Morgan fingerprint density at radius 2 is 2.00 bits per heavy atom. The summed E-state index contributed by atoms with van der Waals surface area (Å²) < 4.78 is 0. The van der Waals surface area contributed by atoms with Crippen LogP contribution in [0.3, 0.4) is 0 Å². The third-order valence-electron chi connectivity index (χ3n) is 4.28. The Morgan fingerprint density at radius 3 is 2.82 bits per heavy atom. The number of rotatable bonds is 4. The van der Waals surface area contributed by atoms with E-state index in [2.05, 4.69) is 35.8 Å². The van der Waals surface area contributed by atoms with Gasteiger partial charge in [-0.1, -0.05) is 43.3 Å². The van der Waals surface area contributed by atoms with Crippen molar-refractivity contribution in [1.29, 1.82) is 0 Å². The molecule has 0 radical (unpaired) electrons. The number of nitrogens with one attached hydrogen (secondary N) is 2. The predicted molar refractivity (Wildman–Crippen MR) is 90.4 cm³/mol. The minimum atomic E-state index is 0.0309. The predicted octanol–water partition coefficient (Wildman–Crippen LogP) is 3.58. The van der Waals surface area contributed by atoms with E-state index in [9.17, 15) is 4.79 Å². The van der Waals surface area contributed by atoms with Crippen LogP contribution in [-0.4, -0.2) is 19.0 Å². The Morgan fingerprint density at radius 1 is 1.18 bits per heavy atom. The summed E-state index contributed by atoms with van der Waals surface area (Å²) in [5, 5.41) is 6.45. The molecule has 2 aromatic rings. The van der Waals surface area contributed by atoms with Crippen LogP contribution >= 0.6 is 0 Å². The van der Waals surface area contributed by atoms with Gasteiger partial charge in [-0.05, 0) is 42.0 Å². The molecule has 0 aliphatic carbocycles. The molecule has 0 bridgehead atoms. The molecule has 1 aliphatic heterocycles. The monoisotopic (exact) mass is 294 g/mol. The van der Waals surface area contributed by atoms with Crippen LogP contribution in [0.4, 0.5) is 5.69 Å². The second-order valence-corrected chi connectivity index (χ2v) is 5.88. The van der Waals surface area contributed by atoms with Crippen LogP contribution in [0.15, 0.2) is 48.5 Å². The molecule has 3 rings (SSSR count). The van der Waals surface area contributed by atoms with Gasteiger partial charge in [0.15, 0.2) is 0 Å². The van der Waals surface area contributed by atoms with Gasteiger partial charge in [0, 0.05) is 24.3 Å². The molecule has 1 aliphatic rings. The van der Waals surface area contributed by atoms with E-state index in [0.717, 1.165) is 36.2 Å². The number of fused-ring (bicyclic) bond motifs is 1. The van der Waals surface area contributed by atoms with Crippen molar-refractivity contribution in [2.45, 2.75) is 25.7 Å². The quantitative estimate of drug-likeness (QED) is 0.905. The zero-order valence-corrected chi connectivity index (χ0v) is 12.9. The number of anilines is 1. The molecule has 2 aromatic carbocycles. The maximum absolute atomic E-state index is 12.5. The van der Waals surface area contributed by atoms with E-state index < -0.39 is 0 Å². The van der Waals surface area contributed by atoms with Crippen LogP contribution in [0.2, 0.25) is 0 Å². The first-order chi connectivity index (χ1) is 10.8. The summed E-state index contributed by atoms with van der Waals surface area (Å²) in [6.45, 7) is 3.78. The SMILES string of the molecule is CC(CNC(=O)c1cccc2c1CCCN2)c1ccccc1. The van der Waals surface area contributed by atoms with E-state index in [1.807, 2.05) is 30.3 Å². The molecule has 0 saturated carbocycles. The van der Waals surface area contributed by atoms with E-state index in [1.165, 1.54) is 5.56 Å². The summed E-state index contributed by atoms with van der Waals surface area (Å²) in [5.41, 5.74) is 4.32. The van der Waals surface area contributed by atoms with Crippen LogP contribution in [-0.2, 0) is 6.42 Å². The van der Waals surface area contributed by atoms with Crippen molar-refractivity contribution >= 4 is 11.6 Å². The molecular formula is C19H22N2O. The summed E-state index contributed by atoms with van der Waals surface area (Å²) in [6.07, 6.45) is 2.05. The Hall–Kier alpha value is -2.29. The summed E-state index contributed by atoms with van der Waals surface area (Å²) >= 11 is 0. The molecule has 3 heteroatoms. The third-order valence-corrected chi connectivity index (χ3v) is 4.28. The minimum Gasteiger partial charge on any atom is -0.385 e. The van der Waals surface area contributed by atoms with Crippen molar-refractivity contribution in [1.82, 2.24) is 5.32 Å². The smallest absolute Gasteiger partial charge is 0.251 e. The number of carbonyl (C=O) groups is 1. The van der Waals surface area contributed by atoms with E-state index >= 15 is 0 Å². The molecule has 1 unspecified atom stereocenters. The Balaban J connectivity index is 1.68. The highest BCUT2D eigenvalue weighted by Crippen LogP contribution is 2.25. The van der Waals surface area contributed by atoms with Gasteiger partial charge in [-0.15, -0.1) is 0 Å². The standard InChI is InChI=1S/C19H22N2O/c1-14(15-7-3-2-4-8-15)13-21-19(22)17-9-5-11-18-16(17)10-6-12-20-18/h2-5,7-9,11,14,20H,6,10,12-13H2,1H3,(H,21,22). The summed E-state index contributed by atoms with van der Waals surface area (Å²) in [4.78, 5) is 12.5. The lowest BCUT2D eigenvalue weighted by Crippen LogP contribution is -2.29. The van der Waals surface area contributed by atoms with Crippen molar-refractivity contribution in [3.8, 4) is 0 Å². The Bertz CT molecular complexity index is 652. The molecular weight excluding hydrogens is 272 g/mol. The van der Waals surface area contributed by atoms with Gasteiger partial charge in [0.25, 0.3) is 5.91 Å². The number of benzene rings is 2. The van der Waals surface area contributed by atoms with Gasteiger partial charge in [-0.2, -0.15) is 0 Å². The molecule has 114 valence electrons. The van der Waals surface area contributed by atoms with Crippen LogP contribution in [0.5, 0.6) is 0 Å². The molecule has 22 heavy (non-hydrogen) atoms. The molecule has 0 saturated heterocycles. The Kier molecular flexibility index (Phi) is 4.42. The first kappa shape index (κ1) is 14.6.